The number of hydrogen-bond donors (Lipinski definition) is 1. The lowest BCUT2D eigenvalue weighted by molar-refractivity contribution is 0.0951. The maximum atomic E-state index is 12.1. The zero-order valence-electron chi connectivity index (χ0n) is 12.6. The molecular formula is C14H19N3O3S. The summed E-state index contributed by atoms with van der Waals surface area (Å²) in [4.78, 5) is 18.5. The van der Waals surface area contributed by atoms with E-state index in [2.05, 4.69) is 10.3 Å². The topological polar surface area (TPSA) is 63.7 Å². The molecule has 0 bridgehead atoms. The molecular weight excluding hydrogens is 290 g/mol. The van der Waals surface area contributed by atoms with Crippen molar-refractivity contribution in [1.29, 1.82) is 0 Å². The second kappa shape index (κ2) is 6.73. The summed E-state index contributed by atoms with van der Waals surface area (Å²) in [7, 11) is 7.09. The maximum absolute atomic E-state index is 12.1. The number of carbonyl (C=O) groups is 1. The molecule has 1 N–H and O–H groups in total. The van der Waals surface area contributed by atoms with E-state index in [0.29, 0.717) is 28.6 Å². The fourth-order valence-electron chi connectivity index (χ4n) is 1.85. The van der Waals surface area contributed by atoms with Crippen LogP contribution in [-0.2, 0) is 0 Å². The molecule has 0 aliphatic rings. The van der Waals surface area contributed by atoms with Gasteiger partial charge in [-0.15, -0.1) is 11.3 Å². The minimum atomic E-state index is -0.179. The van der Waals surface area contributed by atoms with Crippen LogP contribution >= 0.6 is 11.3 Å². The van der Waals surface area contributed by atoms with Gasteiger partial charge in [-0.05, 0) is 26.2 Å². The monoisotopic (exact) mass is 309 g/mol. The molecule has 0 saturated heterocycles. The minimum absolute atomic E-state index is 0.179. The van der Waals surface area contributed by atoms with Crippen LogP contribution in [-0.4, -0.2) is 57.2 Å². The van der Waals surface area contributed by atoms with Gasteiger partial charge < -0.3 is 19.7 Å². The quantitative estimate of drug-likeness (QED) is 0.878. The standard InChI is InChI=1S/C14H19N3O3S/c1-17(2)8-7-15-13(18)14-16-11-9(19-3)5-6-10(20-4)12(11)21-14/h5-6H,7-8H2,1-4H3,(H,15,18). The van der Waals surface area contributed by atoms with Gasteiger partial charge in [0, 0.05) is 13.1 Å². The third kappa shape index (κ3) is 3.43. The summed E-state index contributed by atoms with van der Waals surface area (Å²) in [5, 5.41) is 3.26. The van der Waals surface area contributed by atoms with E-state index in [9.17, 15) is 4.79 Å². The van der Waals surface area contributed by atoms with E-state index in [-0.39, 0.29) is 5.91 Å². The molecule has 2 aromatic rings. The van der Waals surface area contributed by atoms with Crippen molar-refractivity contribution in [2.24, 2.45) is 0 Å². The first-order valence-corrected chi connectivity index (χ1v) is 7.33. The zero-order valence-corrected chi connectivity index (χ0v) is 13.4. The molecule has 0 aliphatic carbocycles. The largest absolute Gasteiger partial charge is 0.495 e. The van der Waals surface area contributed by atoms with Gasteiger partial charge >= 0.3 is 0 Å². The highest BCUT2D eigenvalue weighted by atomic mass is 32.1. The van der Waals surface area contributed by atoms with Gasteiger partial charge in [0.1, 0.15) is 21.7 Å². The van der Waals surface area contributed by atoms with Crippen LogP contribution in [0.4, 0.5) is 0 Å². The van der Waals surface area contributed by atoms with Gasteiger partial charge in [0.15, 0.2) is 5.01 Å². The van der Waals surface area contributed by atoms with E-state index in [1.54, 1.807) is 20.3 Å². The summed E-state index contributed by atoms with van der Waals surface area (Å²) < 4.78 is 11.4. The number of thiazole rings is 1. The Balaban J connectivity index is 2.27. The molecule has 0 fully saturated rings. The van der Waals surface area contributed by atoms with Crippen LogP contribution < -0.4 is 14.8 Å². The number of nitrogens with one attached hydrogen (secondary N) is 1. The molecule has 7 heteroatoms. The summed E-state index contributed by atoms with van der Waals surface area (Å²) in [5.74, 6) is 1.15. The molecule has 21 heavy (non-hydrogen) atoms. The fourth-order valence-corrected chi connectivity index (χ4v) is 2.84. The van der Waals surface area contributed by atoms with Crippen molar-refractivity contribution >= 4 is 27.5 Å². The lowest BCUT2D eigenvalue weighted by Gasteiger charge is -2.09. The first-order valence-electron chi connectivity index (χ1n) is 6.51. The van der Waals surface area contributed by atoms with Gasteiger partial charge in [0.05, 0.1) is 14.2 Å². The number of hydrogen-bond acceptors (Lipinski definition) is 6. The van der Waals surface area contributed by atoms with Crippen molar-refractivity contribution in [2.75, 3.05) is 41.4 Å². The Morgan fingerprint density at radius 2 is 1.95 bits per heavy atom. The number of likely N-dealkylation sites (N-methyl/N-ethyl adjacent to an activating group) is 1. The molecule has 1 aromatic heterocycles. The van der Waals surface area contributed by atoms with Gasteiger partial charge in [-0.3, -0.25) is 4.79 Å². The van der Waals surface area contributed by atoms with Crippen LogP contribution in [0.5, 0.6) is 11.5 Å². The number of aromatic nitrogens is 1. The van der Waals surface area contributed by atoms with Crippen LogP contribution in [0, 0.1) is 0 Å². The molecule has 0 saturated carbocycles. The molecule has 6 nitrogen and oxygen atoms in total. The number of carbonyl (C=O) groups excluding carboxylic acids is 1. The molecule has 0 radical (unpaired) electrons. The molecule has 1 heterocycles. The average molecular weight is 309 g/mol. The predicted octanol–water partition coefficient (Wildman–Crippen LogP) is 1.60. The van der Waals surface area contributed by atoms with Gasteiger partial charge in [-0.1, -0.05) is 0 Å². The van der Waals surface area contributed by atoms with E-state index in [4.69, 9.17) is 9.47 Å². The first kappa shape index (κ1) is 15.5. The molecule has 2 rings (SSSR count). The molecule has 114 valence electrons. The fraction of sp³-hybridized carbons (Fsp3) is 0.429. The second-order valence-electron chi connectivity index (χ2n) is 4.73. The molecule has 1 aromatic carbocycles. The van der Waals surface area contributed by atoms with Gasteiger partial charge in [-0.25, -0.2) is 4.98 Å². The lowest BCUT2D eigenvalue weighted by Crippen LogP contribution is -2.31. The van der Waals surface area contributed by atoms with Gasteiger partial charge in [-0.2, -0.15) is 0 Å². The Kier molecular flexibility index (Phi) is 4.98. The highest BCUT2D eigenvalue weighted by molar-refractivity contribution is 7.20. The third-order valence-corrected chi connectivity index (χ3v) is 4.02. The van der Waals surface area contributed by atoms with Crippen LogP contribution in [0.3, 0.4) is 0 Å². The predicted molar refractivity (Wildman–Crippen MR) is 83.6 cm³/mol. The van der Waals surface area contributed by atoms with Crippen LogP contribution in [0.1, 0.15) is 9.80 Å². The van der Waals surface area contributed by atoms with Crippen LogP contribution in [0.2, 0.25) is 0 Å². The number of benzene rings is 1. The molecule has 0 atom stereocenters. The minimum Gasteiger partial charge on any atom is -0.495 e. The van der Waals surface area contributed by atoms with E-state index in [1.165, 1.54) is 11.3 Å². The first-order chi connectivity index (χ1) is 10.1. The van der Waals surface area contributed by atoms with E-state index >= 15 is 0 Å². The summed E-state index contributed by atoms with van der Waals surface area (Å²) in [6.45, 7) is 1.36. The third-order valence-electron chi connectivity index (χ3n) is 2.95. The second-order valence-corrected chi connectivity index (χ2v) is 5.73. The number of ether oxygens (including phenoxy) is 2. The highest BCUT2D eigenvalue weighted by Gasteiger charge is 2.17. The van der Waals surface area contributed by atoms with E-state index in [0.717, 1.165) is 11.2 Å². The number of amides is 1. The Hall–Kier alpha value is -1.86. The Labute approximate surface area is 127 Å². The Bertz CT molecular complexity index is 599. The summed E-state index contributed by atoms with van der Waals surface area (Å²) in [6, 6.07) is 3.60. The van der Waals surface area contributed by atoms with Crippen LogP contribution in [0.25, 0.3) is 10.2 Å². The maximum Gasteiger partial charge on any atom is 0.280 e. The van der Waals surface area contributed by atoms with E-state index in [1.807, 2.05) is 25.1 Å². The molecule has 0 spiro atoms. The Morgan fingerprint density at radius 3 is 2.57 bits per heavy atom. The van der Waals surface area contributed by atoms with Gasteiger partial charge in [0.25, 0.3) is 5.91 Å². The van der Waals surface area contributed by atoms with Crippen LogP contribution in [0.15, 0.2) is 12.1 Å². The number of fused-ring (bicyclic) bond motifs is 1. The van der Waals surface area contributed by atoms with Crippen molar-refractivity contribution < 1.29 is 14.3 Å². The van der Waals surface area contributed by atoms with Crippen molar-refractivity contribution in [1.82, 2.24) is 15.2 Å². The summed E-state index contributed by atoms with van der Waals surface area (Å²) >= 11 is 1.30. The molecule has 0 unspecified atom stereocenters. The number of rotatable bonds is 6. The van der Waals surface area contributed by atoms with Crippen molar-refractivity contribution in [3.8, 4) is 11.5 Å². The zero-order chi connectivity index (χ0) is 15.4. The SMILES string of the molecule is COc1ccc(OC)c2sc(C(=O)NCCN(C)C)nc12. The van der Waals surface area contributed by atoms with E-state index < -0.39 is 0 Å². The Morgan fingerprint density at radius 1 is 1.29 bits per heavy atom. The summed E-state index contributed by atoms with van der Waals surface area (Å²) in [5.41, 5.74) is 0.652. The van der Waals surface area contributed by atoms with Crippen molar-refractivity contribution in [3.05, 3.63) is 17.1 Å². The van der Waals surface area contributed by atoms with Crippen molar-refractivity contribution in [2.45, 2.75) is 0 Å². The number of nitrogens with zero attached hydrogens (tertiary/aromatic N) is 2. The van der Waals surface area contributed by atoms with Crippen molar-refractivity contribution in [3.63, 3.8) is 0 Å². The highest BCUT2D eigenvalue weighted by Crippen LogP contribution is 2.36. The molecule has 1 amide bonds. The van der Waals surface area contributed by atoms with Gasteiger partial charge in [0.2, 0.25) is 0 Å². The number of methoxy groups -OCH3 is 2. The average Bonchev–Trinajstić information content (AvgIpc) is 2.90. The molecule has 0 aliphatic heterocycles. The summed E-state index contributed by atoms with van der Waals surface area (Å²) in [6.07, 6.45) is 0. The lowest BCUT2D eigenvalue weighted by atomic mass is 10.3. The normalized spacial score (nSPS) is 10.9. The smallest absolute Gasteiger partial charge is 0.280 e.